The van der Waals surface area contributed by atoms with Gasteiger partial charge in [0.25, 0.3) is 0 Å². The van der Waals surface area contributed by atoms with Crippen LogP contribution in [0, 0.1) is 0 Å². The van der Waals surface area contributed by atoms with Crippen molar-refractivity contribution in [2.45, 2.75) is 58.2 Å². The molecule has 0 saturated carbocycles. The van der Waals surface area contributed by atoms with Gasteiger partial charge in [-0.3, -0.25) is 9.79 Å². The summed E-state index contributed by atoms with van der Waals surface area (Å²) in [6.45, 7) is 15.9. The Morgan fingerprint density at radius 1 is 1.36 bits per heavy atom. The lowest BCUT2D eigenvalue weighted by molar-refractivity contribution is -0.122. The molecule has 0 spiro atoms. The van der Waals surface area contributed by atoms with Crippen molar-refractivity contribution in [3.63, 3.8) is 0 Å². The third kappa shape index (κ3) is 7.38. The Labute approximate surface area is 139 Å². The lowest BCUT2D eigenvalue weighted by Gasteiger charge is -2.39. The molecule has 1 heterocycles. The number of guanidine groups is 1. The summed E-state index contributed by atoms with van der Waals surface area (Å²) in [5, 5.41) is 6.32. The molecule has 0 bridgehead atoms. The highest BCUT2D eigenvalue weighted by atomic mass is 32.2. The van der Waals surface area contributed by atoms with E-state index < -0.39 is 0 Å². The van der Waals surface area contributed by atoms with Gasteiger partial charge in [0, 0.05) is 42.1 Å². The average molecular weight is 329 g/mol. The van der Waals surface area contributed by atoms with Gasteiger partial charge >= 0.3 is 0 Å². The van der Waals surface area contributed by atoms with Gasteiger partial charge in [0.15, 0.2) is 5.96 Å². The van der Waals surface area contributed by atoms with Crippen molar-refractivity contribution < 1.29 is 4.79 Å². The summed E-state index contributed by atoms with van der Waals surface area (Å²) < 4.78 is 0.248. The van der Waals surface area contributed by atoms with Crippen molar-refractivity contribution in [1.82, 2.24) is 15.5 Å². The van der Waals surface area contributed by atoms with Crippen molar-refractivity contribution in [2.75, 3.05) is 31.9 Å². The van der Waals surface area contributed by atoms with E-state index in [1.807, 2.05) is 32.5 Å². The fourth-order valence-corrected chi connectivity index (χ4v) is 3.48. The molecule has 0 atom stereocenters. The van der Waals surface area contributed by atoms with Crippen LogP contribution in [0.3, 0.4) is 0 Å². The quantitative estimate of drug-likeness (QED) is 0.613. The van der Waals surface area contributed by atoms with E-state index in [0.29, 0.717) is 13.0 Å². The molecule has 128 valence electrons. The molecule has 1 amide bonds. The molecule has 0 aromatic carbocycles. The van der Waals surface area contributed by atoms with Gasteiger partial charge in [-0.05, 0) is 41.5 Å². The summed E-state index contributed by atoms with van der Waals surface area (Å²) in [5.74, 6) is 2.10. The van der Waals surface area contributed by atoms with Gasteiger partial charge in [0.2, 0.25) is 5.91 Å². The van der Waals surface area contributed by atoms with Crippen molar-refractivity contribution in [1.29, 1.82) is 0 Å². The highest BCUT2D eigenvalue weighted by molar-refractivity contribution is 8.00. The maximum Gasteiger partial charge on any atom is 0.222 e. The zero-order valence-electron chi connectivity index (χ0n) is 15.0. The minimum absolute atomic E-state index is 0.0571. The number of hydrogen-bond donors (Lipinski definition) is 2. The van der Waals surface area contributed by atoms with Crippen LogP contribution in [0.25, 0.3) is 0 Å². The topological polar surface area (TPSA) is 56.7 Å². The van der Waals surface area contributed by atoms with E-state index >= 15 is 0 Å². The van der Waals surface area contributed by atoms with Crippen LogP contribution in [-0.2, 0) is 4.79 Å². The Bertz CT molecular complexity index is 401. The third-order valence-electron chi connectivity index (χ3n) is 3.17. The van der Waals surface area contributed by atoms with E-state index in [9.17, 15) is 4.79 Å². The van der Waals surface area contributed by atoms with Gasteiger partial charge in [-0.2, -0.15) is 11.8 Å². The highest BCUT2D eigenvalue weighted by Crippen LogP contribution is 2.29. The molecular formula is C16H32N4OS. The number of carbonyl (C=O) groups is 1. The molecule has 1 rings (SSSR count). The SMILES string of the molecule is CCNC(=NCCC(=O)NC(C)(C)C)N1CCSC(C)(C)C1. The molecule has 0 aromatic rings. The molecule has 5 nitrogen and oxygen atoms in total. The maximum atomic E-state index is 11.9. The van der Waals surface area contributed by atoms with E-state index in [1.54, 1.807) is 0 Å². The Morgan fingerprint density at radius 2 is 2.05 bits per heavy atom. The molecule has 0 radical (unpaired) electrons. The summed E-state index contributed by atoms with van der Waals surface area (Å²) in [6, 6.07) is 0. The molecule has 2 N–H and O–H groups in total. The normalized spacial score (nSPS) is 19.0. The molecular weight excluding hydrogens is 296 g/mol. The summed E-state index contributed by atoms with van der Waals surface area (Å²) in [5.41, 5.74) is -0.181. The van der Waals surface area contributed by atoms with Crippen molar-refractivity contribution in [3.05, 3.63) is 0 Å². The molecule has 0 aromatic heterocycles. The minimum Gasteiger partial charge on any atom is -0.357 e. The summed E-state index contributed by atoms with van der Waals surface area (Å²) in [6.07, 6.45) is 0.429. The number of carbonyl (C=O) groups excluding carboxylic acids is 1. The second-order valence-corrected chi connectivity index (χ2v) is 9.12. The first kappa shape index (κ1) is 19.1. The number of amides is 1. The number of hydrogen-bond acceptors (Lipinski definition) is 3. The zero-order valence-corrected chi connectivity index (χ0v) is 15.8. The van der Waals surface area contributed by atoms with Crippen LogP contribution in [0.2, 0.25) is 0 Å². The molecule has 0 unspecified atom stereocenters. The van der Waals surface area contributed by atoms with Crippen LogP contribution in [0.1, 0.15) is 48.0 Å². The van der Waals surface area contributed by atoms with Crippen molar-refractivity contribution in [3.8, 4) is 0 Å². The Morgan fingerprint density at radius 3 is 2.59 bits per heavy atom. The van der Waals surface area contributed by atoms with E-state index in [1.165, 1.54) is 0 Å². The third-order valence-corrected chi connectivity index (χ3v) is 4.47. The first-order valence-electron chi connectivity index (χ1n) is 8.11. The Balaban J connectivity index is 2.57. The van der Waals surface area contributed by atoms with Crippen LogP contribution in [0.4, 0.5) is 0 Å². The number of aliphatic imine (C=N–C) groups is 1. The van der Waals surface area contributed by atoms with Crippen molar-refractivity contribution >= 4 is 23.6 Å². The molecule has 22 heavy (non-hydrogen) atoms. The molecule has 6 heteroatoms. The van der Waals surface area contributed by atoms with E-state index in [2.05, 4.69) is 41.3 Å². The fourth-order valence-electron chi connectivity index (χ4n) is 2.37. The number of nitrogens with one attached hydrogen (secondary N) is 2. The van der Waals surface area contributed by atoms with Crippen LogP contribution in [0.5, 0.6) is 0 Å². The van der Waals surface area contributed by atoms with Gasteiger partial charge in [-0.1, -0.05) is 0 Å². The molecule has 0 aliphatic carbocycles. The van der Waals surface area contributed by atoms with E-state index in [-0.39, 0.29) is 16.2 Å². The standard InChI is InChI=1S/C16H32N4OS/c1-7-17-14(20-10-11-22-16(5,6)12-20)18-9-8-13(21)19-15(2,3)4/h7-12H2,1-6H3,(H,17,18)(H,19,21). The Hall–Kier alpha value is -0.910. The summed E-state index contributed by atoms with van der Waals surface area (Å²) >= 11 is 2.01. The average Bonchev–Trinajstić information content (AvgIpc) is 2.34. The van der Waals surface area contributed by atoms with Gasteiger partial charge in [-0.15, -0.1) is 0 Å². The second kappa shape index (κ2) is 8.09. The van der Waals surface area contributed by atoms with Crippen LogP contribution in [0.15, 0.2) is 4.99 Å². The molecule has 1 aliphatic heterocycles. The number of rotatable bonds is 4. The lowest BCUT2D eigenvalue weighted by atomic mass is 10.1. The zero-order chi connectivity index (χ0) is 16.8. The predicted octanol–water partition coefficient (Wildman–Crippen LogP) is 2.08. The van der Waals surface area contributed by atoms with Gasteiger partial charge in [-0.25, -0.2) is 0 Å². The second-order valence-electron chi connectivity index (χ2n) is 7.31. The largest absolute Gasteiger partial charge is 0.357 e. The van der Waals surface area contributed by atoms with Crippen LogP contribution < -0.4 is 10.6 Å². The first-order valence-corrected chi connectivity index (χ1v) is 9.10. The monoisotopic (exact) mass is 328 g/mol. The smallest absolute Gasteiger partial charge is 0.222 e. The molecule has 1 saturated heterocycles. The minimum atomic E-state index is -0.181. The fraction of sp³-hybridized carbons (Fsp3) is 0.875. The van der Waals surface area contributed by atoms with Crippen LogP contribution in [-0.4, -0.2) is 59.0 Å². The van der Waals surface area contributed by atoms with Gasteiger partial charge in [0.1, 0.15) is 0 Å². The van der Waals surface area contributed by atoms with Crippen molar-refractivity contribution in [2.24, 2.45) is 4.99 Å². The summed E-state index contributed by atoms with van der Waals surface area (Å²) in [7, 11) is 0. The van der Waals surface area contributed by atoms with E-state index in [4.69, 9.17) is 0 Å². The van der Waals surface area contributed by atoms with Gasteiger partial charge < -0.3 is 15.5 Å². The highest BCUT2D eigenvalue weighted by Gasteiger charge is 2.28. The van der Waals surface area contributed by atoms with Gasteiger partial charge in [0.05, 0.1) is 6.54 Å². The molecule has 1 aliphatic rings. The number of nitrogens with zero attached hydrogens (tertiary/aromatic N) is 2. The van der Waals surface area contributed by atoms with Crippen LogP contribution >= 0.6 is 11.8 Å². The first-order chi connectivity index (χ1) is 10.1. The predicted molar refractivity (Wildman–Crippen MR) is 96.6 cm³/mol. The summed E-state index contributed by atoms with van der Waals surface area (Å²) in [4.78, 5) is 18.8. The maximum absolute atomic E-state index is 11.9. The Kier molecular flexibility index (Phi) is 7.03. The molecule has 1 fully saturated rings. The van der Waals surface area contributed by atoms with E-state index in [0.717, 1.165) is 31.3 Å². The number of thioether (sulfide) groups is 1. The lowest BCUT2D eigenvalue weighted by Crippen LogP contribution is -2.51.